The SMILES string of the molecule is C=CCN1CCCC1c1ccc(B(O)O)cc1. The van der Waals surface area contributed by atoms with Gasteiger partial charge < -0.3 is 10.0 Å². The number of benzene rings is 1. The number of hydrogen-bond donors (Lipinski definition) is 2. The van der Waals surface area contributed by atoms with Crippen molar-refractivity contribution in [2.24, 2.45) is 0 Å². The zero-order valence-electron chi connectivity index (χ0n) is 9.92. The molecule has 2 N–H and O–H groups in total. The molecule has 4 heteroatoms. The molecule has 90 valence electrons. The van der Waals surface area contributed by atoms with Crippen molar-refractivity contribution in [1.29, 1.82) is 0 Å². The van der Waals surface area contributed by atoms with Gasteiger partial charge in [-0.05, 0) is 30.4 Å². The molecule has 17 heavy (non-hydrogen) atoms. The van der Waals surface area contributed by atoms with E-state index < -0.39 is 7.12 Å². The van der Waals surface area contributed by atoms with Gasteiger partial charge in [-0.3, -0.25) is 4.90 Å². The maximum absolute atomic E-state index is 9.05. The highest BCUT2D eigenvalue weighted by Gasteiger charge is 2.24. The Morgan fingerprint density at radius 3 is 2.65 bits per heavy atom. The number of rotatable bonds is 4. The van der Waals surface area contributed by atoms with E-state index in [1.165, 1.54) is 12.0 Å². The second-order valence-electron chi connectivity index (χ2n) is 4.48. The van der Waals surface area contributed by atoms with Gasteiger partial charge in [-0.25, -0.2) is 0 Å². The van der Waals surface area contributed by atoms with Crippen LogP contribution in [-0.4, -0.2) is 35.2 Å². The lowest BCUT2D eigenvalue weighted by Gasteiger charge is -2.23. The van der Waals surface area contributed by atoms with E-state index in [4.69, 9.17) is 10.0 Å². The van der Waals surface area contributed by atoms with Crippen LogP contribution >= 0.6 is 0 Å². The summed E-state index contributed by atoms with van der Waals surface area (Å²) >= 11 is 0. The summed E-state index contributed by atoms with van der Waals surface area (Å²) in [4.78, 5) is 2.40. The minimum atomic E-state index is -1.38. The fourth-order valence-corrected chi connectivity index (χ4v) is 2.48. The molecule has 1 aliphatic heterocycles. The van der Waals surface area contributed by atoms with Gasteiger partial charge in [0, 0.05) is 12.6 Å². The molecular formula is C13H18BNO2. The van der Waals surface area contributed by atoms with E-state index in [1.807, 2.05) is 18.2 Å². The highest BCUT2D eigenvalue weighted by atomic mass is 16.4. The highest BCUT2D eigenvalue weighted by Crippen LogP contribution is 2.31. The second kappa shape index (κ2) is 5.49. The Kier molecular flexibility index (Phi) is 4.00. The largest absolute Gasteiger partial charge is 0.488 e. The van der Waals surface area contributed by atoms with Gasteiger partial charge in [0.25, 0.3) is 0 Å². The molecule has 1 unspecified atom stereocenters. The minimum Gasteiger partial charge on any atom is -0.423 e. The quantitative estimate of drug-likeness (QED) is 0.591. The van der Waals surface area contributed by atoms with Crippen LogP contribution in [0.1, 0.15) is 24.4 Å². The third-order valence-corrected chi connectivity index (χ3v) is 3.35. The first-order valence-electron chi connectivity index (χ1n) is 6.03. The van der Waals surface area contributed by atoms with Gasteiger partial charge in [0.15, 0.2) is 0 Å². The van der Waals surface area contributed by atoms with Crippen molar-refractivity contribution >= 4 is 12.6 Å². The summed E-state index contributed by atoms with van der Waals surface area (Å²) in [5.74, 6) is 0. The summed E-state index contributed by atoms with van der Waals surface area (Å²) in [7, 11) is -1.38. The Labute approximate surface area is 103 Å². The van der Waals surface area contributed by atoms with Crippen LogP contribution < -0.4 is 5.46 Å². The molecular weight excluding hydrogens is 213 g/mol. The molecule has 1 aromatic rings. The molecule has 0 aliphatic carbocycles. The molecule has 1 aliphatic rings. The van der Waals surface area contributed by atoms with Crippen molar-refractivity contribution in [3.05, 3.63) is 42.5 Å². The van der Waals surface area contributed by atoms with Crippen molar-refractivity contribution in [1.82, 2.24) is 4.90 Å². The molecule has 1 aromatic carbocycles. The normalized spacial score (nSPS) is 20.5. The molecule has 3 nitrogen and oxygen atoms in total. The van der Waals surface area contributed by atoms with Crippen LogP contribution in [0.4, 0.5) is 0 Å². The molecule has 1 heterocycles. The van der Waals surface area contributed by atoms with Gasteiger partial charge in [-0.2, -0.15) is 0 Å². The first-order valence-corrected chi connectivity index (χ1v) is 6.03. The Bertz CT molecular complexity index is 378. The lowest BCUT2D eigenvalue weighted by molar-refractivity contribution is 0.286. The highest BCUT2D eigenvalue weighted by molar-refractivity contribution is 6.58. The fraction of sp³-hybridized carbons (Fsp3) is 0.385. The van der Waals surface area contributed by atoms with Crippen molar-refractivity contribution in [3.63, 3.8) is 0 Å². The Balaban J connectivity index is 2.13. The topological polar surface area (TPSA) is 43.7 Å². The molecule has 0 saturated carbocycles. The first-order chi connectivity index (χ1) is 8.22. The van der Waals surface area contributed by atoms with Crippen LogP contribution in [0.2, 0.25) is 0 Å². The Hall–Kier alpha value is -1.10. The zero-order chi connectivity index (χ0) is 12.3. The van der Waals surface area contributed by atoms with Crippen molar-refractivity contribution < 1.29 is 10.0 Å². The third-order valence-electron chi connectivity index (χ3n) is 3.35. The molecule has 1 fully saturated rings. The third kappa shape index (κ3) is 2.78. The molecule has 0 aromatic heterocycles. The van der Waals surface area contributed by atoms with Crippen LogP contribution in [-0.2, 0) is 0 Å². The van der Waals surface area contributed by atoms with Crippen molar-refractivity contribution in [3.8, 4) is 0 Å². The predicted molar refractivity (Wildman–Crippen MR) is 70.0 cm³/mol. The van der Waals surface area contributed by atoms with Crippen molar-refractivity contribution in [2.75, 3.05) is 13.1 Å². The lowest BCUT2D eigenvalue weighted by Crippen LogP contribution is -2.30. The maximum atomic E-state index is 9.05. The van der Waals surface area contributed by atoms with E-state index in [9.17, 15) is 0 Å². The maximum Gasteiger partial charge on any atom is 0.488 e. The van der Waals surface area contributed by atoms with Gasteiger partial charge in [0.05, 0.1) is 0 Å². The van der Waals surface area contributed by atoms with Gasteiger partial charge in [-0.1, -0.05) is 30.3 Å². The number of hydrogen-bond acceptors (Lipinski definition) is 3. The van der Waals surface area contributed by atoms with Crippen LogP contribution in [0.5, 0.6) is 0 Å². The Morgan fingerprint density at radius 2 is 2.06 bits per heavy atom. The lowest BCUT2D eigenvalue weighted by atomic mass is 9.80. The zero-order valence-corrected chi connectivity index (χ0v) is 9.92. The van der Waals surface area contributed by atoms with Crippen LogP contribution in [0.3, 0.4) is 0 Å². The average Bonchev–Trinajstić information content (AvgIpc) is 2.78. The summed E-state index contributed by atoms with van der Waals surface area (Å²) in [6.45, 7) is 5.81. The van der Waals surface area contributed by atoms with Gasteiger partial charge in [-0.15, -0.1) is 6.58 Å². The van der Waals surface area contributed by atoms with E-state index in [0.29, 0.717) is 11.5 Å². The van der Waals surface area contributed by atoms with Crippen LogP contribution in [0.15, 0.2) is 36.9 Å². The summed E-state index contributed by atoms with van der Waals surface area (Å²) < 4.78 is 0. The summed E-state index contributed by atoms with van der Waals surface area (Å²) in [5, 5.41) is 18.1. The average molecular weight is 231 g/mol. The van der Waals surface area contributed by atoms with Crippen LogP contribution in [0, 0.1) is 0 Å². The minimum absolute atomic E-state index is 0.442. The molecule has 1 atom stereocenters. The predicted octanol–water partition coefficient (Wildman–Crippen LogP) is 0.689. The standard InChI is InChI=1S/C13H18BNO2/c1-2-9-15-10-3-4-13(15)11-5-7-12(8-6-11)14(16)17/h2,5-8,13,16-17H,1,3-4,9-10H2. The monoisotopic (exact) mass is 231 g/mol. The Morgan fingerprint density at radius 1 is 1.35 bits per heavy atom. The van der Waals surface area contributed by atoms with E-state index in [-0.39, 0.29) is 0 Å². The van der Waals surface area contributed by atoms with E-state index in [2.05, 4.69) is 11.5 Å². The molecule has 0 amide bonds. The summed E-state index contributed by atoms with van der Waals surface area (Å²) in [5.41, 5.74) is 1.79. The summed E-state index contributed by atoms with van der Waals surface area (Å²) in [6.07, 6.45) is 4.31. The van der Waals surface area contributed by atoms with Gasteiger partial charge in [0.1, 0.15) is 0 Å². The molecule has 0 radical (unpaired) electrons. The molecule has 0 spiro atoms. The molecule has 2 rings (SSSR count). The van der Waals surface area contributed by atoms with Crippen LogP contribution in [0.25, 0.3) is 0 Å². The molecule has 0 bridgehead atoms. The number of likely N-dealkylation sites (tertiary alicyclic amines) is 1. The summed E-state index contributed by atoms with van der Waals surface area (Å²) in [6, 6.07) is 7.98. The van der Waals surface area contributed by atoms with Gasteiger partial charge in [0.2, 0.25) is 0 Å². The van der Waals surface area contributed by atoms with Crippen molar-refractivity contribution in [2.45, 2.75) is 18.9 Å². The van der Waals surface area contributed by atoms with E-state index in [0.717, 1.165) is 19.5 Å². The van der Waals surface area contributed by atoms with Gasteiger partial charge >= 0.3 is 7.12 Å². The first kappa shape index (κ1) is 12.4. The van der Waals surface area contributed by atoms with E-state index in [1.54, 1.807) is 12.1 Å². The van der Waals surface area contributed by atoms with E-state index >= 15 is 0 Å². The molecule has 1 saturated heterocycles. The smallest absolute Gasteiger partial charge is 0.423 e. The second-order valence-corrected chi connectivity index (χ2v) is 4.48. The fourth-order valence-electron chi connectivity index (χ4n) is 2.48. The number of nitrogens with zero attached hydrogens (tertiary/aromatic N) is 1.